The molecule has 0 N–H and O–H groups in total. The monoisotopic (exact) mass is 343 g/mol. The minimum Gasteiger partial charge on any atom is -0.464 e. The summed E-state index contributed by atoms with van der Waals surface area (Å²) in [6.07, 6.45) is 5.30. The van der Waals surface area contributed by atoms with Crippen molar-refractivity contribution in [2.45, 2.75) is 45.1 Å². The van der Waals surface area contributed by atoms with E-state index in [1.165, 1.54) is 6.42 Å². The number of carbonyl (C=O) groups is 1. The molecule has 1 aromatic rings. The highest BCUT2D eigenvalue weighted by atomic mass is 35.5. The molecule has 0 aromatic heterocycles. The number of hydrogen-bond acceptors (Lipinski definition) is 3. The van der Waals surface area contributed by atoms with Gasteiger partial charge in [-0.05, 0) is 50.0 Å². The van der Waals surface area contributed by atoms with Crippen LogP contribution in [0, 0.1) is 0 Å². The van der Waals surface area contributed by atoms with Gasteiger partial charge in [-0.2, -0.15) is 0 Å². The molecule has 1 atom stereocenters. The maximum absolute atomic E-state index is 12.6. The third-order valence-corrected chi connectivity index (χ3v) is 4.54. The molecule has 1 unspecified atom stereocenters. The standard InChI is InChI=1S/C17H23Cl2NO2/c1-2-3-11-22-17(21)16(20-9-5-4-6-10-20)14-8-7-13(18)12-15(14)19/h7-8,12,16H,2-6,9-11H2,1H3. The molecule has 1 aliphatic rings. The van der Waals surface area contributed by atoms with E-state index in [0.717, 1.165) is 44.3 Å². The molecule has 22 heavy (non-hydrogen) atoms. The smallest absolute Gasteiger partial charge is 0.328 e. The van der Waals surface area contributed by atoms with Gasteiger partial charge in [0.05, 0.1) is 6.61 Å². The number of carbonyl (C=O) groups excluding carboxylic acids is 1. The van der Waals surface area contributed by atoms with Crippen molar-refractivity contribution in [1.29, 1.82) is 0 Å². The zero-order valence-electron chi connectivity index (χ0n) is 13.0. The molecule has 2 rings (SSSR count). The number of unbranched alkanes of at least 4 members (excludes halogenated alkanes) is 1. The van der Waals surface area contributed by atoms with Gasteiger partial charge in [-0.3, -0.25) is 4.90 Å². The summed E-state index contributed by atoms with van der Waals surface area (Å²) >= 11 is 12.3. The number of likely N-dealkylation sites (tertiary alicyclic amines) is 1. The lowest BCUT2D eigenvalue weighted by atomic mass is 10.0. The van der Waals surface area contributed by atoms with Gasteiger partial charge in [0.1, 0.15) is 6.04 Å². The van der Waals surface area contributed by atoms with Gasteiger partial charge in [0.25, 0.3) is 0 Å². The second kappa shape index (κ2) is 8.76. The van der Waals surface area contributed by atoms with Crippen molar-refractivity contribution in [2.24, 2.45) is 0 Å². The van der Waals surface area contributed by atoms with Gasteiger partial charge < -0.3 is 4.74 Å². The largest absolute Gasteiger partial charge is 0.464 e. The maximum atomic E-state index is 12.6. The molecule has 0 saturated carbocycles. The van der Waals surface area contributed by atoms with Gasteiger partial charge in [-0.25, -0.2) is 4.79 Å². The molecule has 1 saturated heterocycles. The van der Waals surface area contributed by atoms with Crippen LogP contribution in [-0.2, 0) is 9.53 Å². The highest BCUT2D eigenvalue weighted by Crippen LogP contribution is 2.32. The molecule has 0 aliphatic carbocycles. The fraction of sp³-hybridized carbons (Fsp3) is 0.588. The van der Waals surface area contributed by atoms with Crippen molar-refractivity contribution in [2.75, 3.05) is 19.7 Å². The number of nitrogens with zero attached hydrogens (tertiary/aromatic N) is 1. The molecular formula is C17H23Cl2NO2. The predicted octanol–water partition coefficient (Wildman–Crippen LogP) is 4.86. The number of benzene rings is 1. The van der Waals surface area contributed by atoms with Gasteiger partial charge in [0, 0.05) is 10.0 Å². The summed E-state index contributed by atoms with van der Waals surface area (Å²) in [5.41, 5.74) is 0.787. The van der Waals surface area contributed by atoms with Crippen LogP contribution < -0.4 is 0 Å². The molecule has 1 heterocycles. The molecule has 0 spiro atoms. The average molecular weight is 344 g/mol. The molecule has 0 amide bonds. The first kappa shape index (κ1) is 17.6. The molecule has 1 aromatic carbocycles. The van der Waals surface area contributed by atoms with E-state index in [0.29, 0.717) is 16.7 Å². The second-order valence-corrected chi connectivity index (χ2v) is 6.53. The number of rotatable bonds is 6. The summed E-state index contributed by atoms with van der Waals surface area (Å²) in [7, 11) is 0. The summed E-state index contributed by atoms with van der Waals surface area (Å²) in [5.74, 6) is -0.209. The van der Waals surface area contributed by atoms with Crippen molar-refractivity contribution in [1.82, 2.24) is 4.90 Å². The van der Waals surface area contributed by atoms with E-state index in [1.54, 1.807) is 12.1 Å². The molecule has 0 bridgehead atoms. The first-order valence-corrected chi connectivity index (χ1v) is 8.74. The van der Waals surface area contributed by atoms with E-state index in [9.17, 15) is 4.79 Å². The van der Waals surface area contributed by atoms with Gasteiger partial charge >= 0.3 is 5.97 Å². The van der Waals surface area contributed by atoms with E-state index in [1.807, 2.05) is 6.07 Å². The van der Waals surface area contributed by atoms with Crippen LogP contribution in [0.1, 0.15) is 50.6 Å². The lowest BCUT2D eigenvalue weighted by molar-refractivity contribution is -0.151. The van der Waals surface area contributed by atoms with E-state index in [-0.39, 0.29) is 5.97 Å². The Morgan fingerprint density at radius 1 is 1.27 bits per heavy atom. The van der Waals surface area contributed by atoms with Crippen LogP contribution in [0.5, 0.6) is 0 Å². The highest BCUT2D eigenvalue weighted by molar-refractivity contribution is 6.35. The summed E-state index contributed by atoms with van der Waals surface area (Å²) in [5, 5.41) is 1.10. The summed E-state index contributed by atoms with van der Waals surface area (Å²) in [6, 6.07) is 4.88. The molecule has 3 nitrogen and oxygen atoms in total. The van der Waals surface area contributed by atoms with Crippen LogP contribution in [0.25, 0.3) is 0 Å². The zero-order chi connectivity index (χ0) is 15.9. The number of ether oxygens (including phenoxy) is 1. The quantitative estimate of drug-likeness (QED) is 0.545. The average Bonchev–Trinajstić information content (AvgIpc) is 2.51. The molecule has 0 radical (unpaired) electrons. The van der Waals surface area contributed by atoms with Crippen LogP contribution in [0.15, 0.2) is 18.2 Å². The Morgan fingerprint density at radius 2 is 2.00 bits per heavy atom. The Hall–Kier alpha value is -0.770. The van der Waals surface area contributed by atoms with Crippen LogP contribution in [0.4, 0.5) is 0 Å². The Balaban J connectivity index is 2.21. The van der Waals surface area contributed by atoms with E-state index >= 15 is 0 Å². The van der Waals surface area contributed by atoms with Crippen molar-refractivity contribution in [3.8, 4) is 0 Å². The number of halogens is 2. The van der Waals surface area contributed by atoms with Crippen LogP contribution in [0.2, 0.25) is 10.0 Å². The summed E-state index contributed by atoms with van der Waals surface area (Å²) in [6.45, 7) is 4.33. The van der Waals surface area contributed by atoms with Crippen LogP contribution >= 0.6 is 23.2 Å². The van der Waals surface area contributed by atoms with Crippen molar-refractivity contribution in [3.63, 3.8) is 0 Å². The molecular weight excluding hydrogens is 321 g/mol. The normalized spacial score (nSPS) is 17.2. The van der Waals surface area contributed by atoms with E-state index in [4.69, 9.17) is 27.9 Å². The lowest BCUT2D eigenvalue weighted by Gasteiger charge is -2.33. The lowest BCUT2D eigenvalue weighted by Crippen LogP contribution is -2.39. The van der Waals surface area contributed by atoms with E-state index in [2.05, 4.69) is 11.8 Å². The second-order valence-electron chi connectivity index (χ2n) is 5.69. The zero-order valence-corrected chi connectivity index (χ0v) is 14.5. The number of piperidine rings is 1. The van der Waals surface area contributed by atoms with Crippen LogP contribution in [-0.4, -0.2) is 30.6 Å². The van der Waals surface area contributed by atoms with Gasteiger partial charge in [-0.1, -0.05) is 49.0 Å². The fourth-order valence-electron chi connectivity index (χ4n) is 2.77. The minimum absolute atomic E-state index is 0.209. The van der Waals surface area contributed by atoms with Crippen molar-refractivity contribution >= 4 is 29.2 Å². The van der Waals surface area contributed by atoms with Crippen LogP contribution in [0.3, 0.4) is 0 Å². The van der Waals surface area contributed by atoms with Gasteiger partial charge in [0.15, 0.2) is 0 Å². The Labute approximate surface area is 142 Å². The fourth-order valence-corrected chi connectivity index (χ4v) is 3.28. The third kappa shape index (κ3) is 4.61. The van der Waals surface area contributed by atoms with Crippen molar-refractivity contribution in [3.05, 3.63) is 33.8 Å². The summed E-state index contributed by atoms with van der Waals surface area (Å²) in [4.78, 5) is 14.8. The first-order chi connectivity index (χ1) is 10.6. The highest BCUT2D eigenvalue weighted by Gasteiger charge is 2.31. The van der Waals surface area contributed by atoms with Crippen molar-refractivity contribution < 1.29 is 9.53 Å². The molecule has 122 valence electrons. The minimum atomic E-state index is -0.429. The molecule has 1 aliphatic heterocycles. The third-order valence-electron chi connectivity index (χ3n) is 3.98. The molecule has 5 heteroatoms. The Bertz CT molecular complexity index is 501. The predicted molar refractivity (Wildman–Crippen MR) is 90.5 cm³/mol. The van der Waals surface area contributed by atoms with Gasteiger partial charge in [-0.15, -0.1) is 0 Å². The SMILES string of the molecule is CCCCOC(=O)C(c1ccc(Cl)cc1Cl)N1CCCCC1. The Kier molecular flexibility index (Phi) is 7.00. The molecule has 1 fully saturated rings. The topological polar surface area (TPSA) is 29.5 Å². The number of hydrogen-bond donors (Lipinski definition) is 0. The summed E-state index contributed by atoms with van der Waals surface area (Å²) < 4.78 is 5.47. The Morgan fingerprint density at radius 3 is 2.64 bits per heavy atom. The first-order valence-electron chi connectivity index (χ1n) is 7.99. The number of esters is 1. The maximum Gasteiger partial charge on any atom is 0.328 e. The van der Waals surface area contributed by atoms with Gasteiger partial charge in [0.2, 0.25) is 0 Å². The van der Waals surface area contributed by atoms with E-state index < -0.39 is 6.04 Å².